The Kier molecular flexibility index (Phi) is 8.17. The van der Waals surface area contributed by atoms with E-state index in [2.05, 4.69) is 5.32 Å². The van der Waals surface area contributed by atoms with Crippen LogP contribution in [0.4, 0.5) is 4.39 Å². The lowest BCUT2D eigenvalue weighted by molar-refractivity contribution is -0.142. The minimum absolute atomic E-state index is 0.310. The number of carboxylic acids is 1. The molecule has 28 heavy (non-hydrogen) atoms. The summed E-state index contributed by atoms with van der Waals surface area (Å²) in [6.45, 7) is 0.503. The Hall–Kier alpha value is -2.70. The maximum Gasteiger partial charge on any atom is 0.304 e. The SMILES string of the molecule is CN1CCCC=CCCCC(CC(=O)O)C(=O)NC(c2cccc(F)c2)C1=O. The summed E-state index contributed by atoms with van der Waals surface area (Å²) in [5, 5.41) is 11.8. The number of benzene rings is 1. The topological polar surface area (TPSA) is 86.7 Å². The molecule has 1 aliphatic rings. The molecule has 152 valence electrons. The molecule has 1 heterocycles. The van der Waals surface area contributed by atoms with Gasteiger partial charge < -0.3 is 15.3 Å². The number of likely N-dealkylation sites (N-methyl/N-ethyl adjacent to an activating group) is 1. The summed E-state index contributed by atoms with van der Waals surface area (Å²) in [7, 11) is 1.64. The smallest absolute Gasteiger partial charge is 0.304 e. The lowest BCUT2D eigenvalue weighted by Crippen LogP contribution is -2.44. The summed E-state index contributed by atoms with van der Waals surface area (Å²) < 4.78 is 13.7. The number of nitrogens with zero attached hydrogens (tertiary/aromatic N) is 1. The van der Waals surface area contributed by atoms with Gasteiger partial charge in [0.05, 0.1) is 6.42 Å². The maximum absolute atomic E-state index is 13.7. The summed E-state index contributed by atoms with van der Waals surface area (Å²) in [6, 6.07) is 4.49. The number of carboxylic acid groups (broad SMARTS) is 1. The van der Waals surface area contributed by atoms with Crippen molar-refractivity contribution in [3.8, 4) is 0 Å². The zero-order valence-corrected chi connectivity index (χ0v) is 16.1. The van der Waals surface area contributed by atoms with Crippen molar-refractivity contribution < 1.29 is 23.9 Å². The molecule has 0 saturated heterocycles. The first-order valence-electron chi connectivity index (χ1n) is 9.56. The highest BCUT2D eigenvalue weighted by Crippen LogP contribution is 2.21. The summed E-state index contributed by atoms with van der Waals surface area (Å²) in [5.74, 6) is -3.17. The van der Waals surface area contributed by atoms with E-state index in [1.807, 2.05) is 12.2 Å². The second-order valence-corrected chi connectivity index (χ2v) is 7.10. The number of amides is 2. The van der Waals surface area contributed by atoms with Gasteiger partial charge in [0, 0.05) is 19.5 Å². The van der Waals surface area contributed by atoms with Crippen LogP contribution in [0.15, 0.2) is 36.4 Å². The van der Waals surface area contributed by atoms with Crippen LogP contribution in [-0.4, -0.2) is 41.4 Å². The fourth-order valence-corrected chi connectivity index (χ4v) is 3.27. The van der Waals surface area contributed by atoms with Crippen molar-refractivity contribution in [1.82, 2.24) is 10.2 Å². The van der Waals surface area contributed by atoms with Crippen LogP contribution in [0, 0.1) is 11.7 Å². The molecule has 0 fully saturated rings. The number of rotatable bonds is 3. The zero-order chi connectivity index (χ0) is 20.5. The van der Waals surface area contributed by atoms with Crippen LogP contribution >= 0.6 is 0 Å². The Balaban J connectivity index is 2.32. The van der Waals surface area contributed by atoms with E-state index in [-0.39, 0.29) is 12.3 Å². The molecule has 2 N–H and O–H groups in total. The van der Waals surface area contributed by atoms with Crippen LogP contribution in [0.25, 0.3) is 0 Å². The molecule has 1 aromatic carbocycles. The largest absolute Gasteiger partial charge is 0.481 e. The first-order chi connectivity index (χ1) is 13.4. The van der Waals surface area contributed by atoms with Gasteiger partial charge in [-0.05, 0) is 49.8 Å². The molecule has 2 unspecified atom stereocenters. The minimum atomic E-state index is -1.07. The van der Waals surface area contributed by atoms with Crippen LogP contribution in [0.1, 0.15) is 50.1 Å². The van der Waals surface area contributed by atoms with Crippen molar-refractivity contribution in [2.75, 3.05) is 13.6 Å². The number of aliphatic carboxylic acids is 1. The zero-order valence-electron chi connectivity index (χ0n) is 16.1. The molecule has 0 aromatic heterocycles. The fraction of sp³-hybridized carbons (Fsp3) is 0.476. The highest BCUT2D eigenvalue weighted by Gasteiger charge is 2.30. The molecule has 0 radical (unpaired) electrons. The molecule has 2 atom stereocenters. The van der Waals surface area contributed by atoms with Crippen molar-refractivity contribution in [2.45, 2.75) is 44.6 Å². The highest BCUT2D eigenvalue weighted by molar-refractivity contribution is 5.90. The molecule has 0 saturated carbocycles. The Morgan fingerprint density at radius 1 is 1.25 bits per heavy atom. The lowest BCUT2D eigenvalue weighted by Gasteiger charge is -2.26. The van der Waals surface area contributed by atoms with Gasteiger partial charge in [-0.3, -0.25) is 14.4 Å². The molecule has 0 bridgehead atoms. The van der Waals surface area contributed by atoms with Crippen molar-refractivity contribution >= 4 is 17.8 Å². The molecular formula is C21H27FN2O4. The number of carbonyl (C=O) groups is 3. The van der Waals surface area contributed by atoms with Gasteiger partial charge in [0.1, 0.15) is 11.9 Å². The average molecular weight is 390 g/mol. The van der Waals surface area contributed by atoms with E-state index < -0.39 is 29.7 Å². The quantitative estimate of drug-likeness (QED) is 0.777. The highest BCUT2D eigenvalue weighted by atomic mass is 19.1. The summed E-state index contributed by atoms with van der Waals surface area (Å²) in [4.78, 5) is 38.4. The molecule has 7 heteroatoms. The van der Waals surface area contributed by atoms with E-state index in [0.717, 1.165) is 19.3 Å². The number of nitrogens with one attached hydrogen (secondary N) is 1. The monoisotopic (exact) mass is 390 g/mol. The number of carbonyl (C=O) groups excluding carboxylic acids is 2. The molecular weight excluding hydrogens is 363 g/mol. The van der Waals surface area contributed by atoms with Crippen LogP contribution in [-0.2, 0) is 14.4 Å². The number of halogens is 1. The van der Waals surface area contributed by atoms with E-state index in [1.54, 1.807) is 13.1 Å². The summed E-state index contributed by atoms with van der Waals surface area (Å²) in [5.41, 5.74) is 0.339. The third kappa shape index (κ3) is 6.48. The standard InChI is InChI=1S/C21H27FN2O4/c1-24-12-7-5-3-2-4-6-9-16(14-18(25)26)20(27)23-19(21(24)28)15-10-8-11-17(22)13-15/h2-3,8,10-11,13,16,19H,4-7,9,12,14H2,1H3,(H,23,27)(H,25,26). The van der Waals surface area contributed by atoms with E-state index in [0.29, 0.717) is 24.9 Å². The first-order valence-corrected chi connectivity index (χ1v) is 9.56. The van der Waals surface area contributed by atoms with Crippen LogP contribution in [0.2, 0.25) is 0 Å². The van der Waals surface area contributed by atoms with Crippen LogP contribution < -0.4 is 5.32 Å². The second-order valence-electron chi connectivity index (χ2n) is 7.10. The second kappa shape index (κ2) is 10.6. The predicted molar refractivity (Wildman–Crippen MR) is 103 cm³/mol. The van der Waals surface area contributed by atoms with Crippen LogP contribution in [0.3, 0.4) is 0 Å². The van der Waals surface area contributed by atoms with Gasteiger partial charge in [0.2, 0.25) is 11.8 Å². The molecule has 1 aliphatic heterocycles. The van der Waals surface area contributed by atoms with Gasteiger partial charge in [0.25, 0.3) is 0 Å². The Morgan fingerprint density at radius 3 is 2.64 bits per heavy atom. The molecule has 0 aliphatic carbocycles. The van der Waals surface area contributed by atoms with Gasteiger partial charge in [-0.1, -0.05) is 24.3 Å². The first kappa shape index (κ1) is 21.6. The van der Waals surface area contributed by atoms with Crippen molar-refractivity contribution in [3.05, 3.63) is 47.8 Å². The van der Waals surface area contributed by atoms with E-state index in [9.17, 15) is 18.8 Å². The predicted octanol–water partition coefficient (Wildman–Crippen LogP) is 3.05. The van der Waals surface area contributed by atoms with Crippen molar-refractivity contribution in [2.24, 2.45) is 5.92 Å². The maximum atomic E-state index is 13.7. The van der Waals surface area contributed by atoms with E-state index >= 15 is 0 Å². The summed E-state index contributed by atoms with van der Waals surface area (Å²) in [6.07, 6.45) is 7.22. The van der Waals surface area contributed by atoms with Gasteiger partial charge in [-0.2, -0.15) is 0 Å². The molecule has 2 amide bonds. The molecule has 2 rings (SSSR count). The number of hydrogen-bond acceptors (Lipinski definition) is 3. The van der Waals surface area contributed by atoms with E-state index in [1.165, 1.54) is 23.1 Å². The Morgan fingerprint density at radius 2 is 1.96 bits per heavy atom. The fourth-order valence-electron chi connectivity index (χ4n) is 3.27. The molecule has 0 spiro atoms. The lowest BCUT2D eigenvalue weighted by atomic mass is 9.95. The molecule has 6 nitrogen and oxygen atoms in total. The van der Waals surface area contributed by atoms with Gasteiger partial charge in [-0.25, -0.2) is 4.39 Å². The van der Waals surface area contributed by atoms with Gasteiger partial charge >= 0.3 is 5.97 Å². The van der Waals surface area contributed by atoms with Crippen molar-refractivity contribution in [3.63, 3.8) is 0 Å². The Bertz CT molecular complexity index is 735. The average Bonchev–Trinajstić information content (AvgIpc) is 2.65. The third-order valence-corrected chi connectivity index (χ3v) is 4.84. The number of hydrogen-bond donors (Lipinski definition) is 2. The van der Waals surface area contributed by atoms with Crippen molar-refractivity contribution in [1.29, 1.82) is 0 Å². The normalized spacial score (nSPS) is 22.4. The Labute approximate surface area is 164 Å². The summed E-state index contributed by atoms with van der Waals surface area (Å²) >= 11 is 0. The van der Waals surface area contributed by atoms with Crippen LogP contribution in [0.5, 0.6) is 0 Å². The van der Waals surface area contributed by atoms with E-state index in [4.69, 9.17) is 5.11 Å². The molecule has 1 aromatic rings. The van der Waals surface area contributed by atoms with Gasteiger partial charge in [-0.15, -0.1) is 0 Å². The van der Waals surface area contributed by atoms with Gasteiger partial charge in [0.15, 0.2) is 0 Å². The minimum Gasteiger partial charge on any atom is -0.481 e. The number of allylic oxidation sites excluding steroid dienone is 2. The third-order valence-electron chi connectivity index (χ3n) is 4.84.